The predicted octanol–water partition coefficient (Wildman–Crippen LogP) is 2.92. The molecule has 0 atom stereocenters. The molecule has 0 unspecified atom stereocenters. The molecule has 2 rings (SSSR count). The van der Waals surface area contributed by atoms with E-state index in [1.54, 1.807) is 11.3 Å². The summed E-state index contributed by atoms with van der Waals surface area (Å²) in [5.74, 6) is 0.850. The molecule has 0 amide bonds. The second kappa shape index (κ2) is 8.30. The van der Waals surface area contributed by atoms with Gasteiger partial charge in [0, 0.05) is 19.0 Å². The SMILES string of the molecule is CCNC(=NCc1ccc(C#N)cc1)N(C)Cc1csc(C)n1. The molecule has 1 N–H and O–H groups in total. The van der Waals surface area contributed by atoms with Crippen LogP contribution in [-0.4, -0.2) is 29.4 Å². The van der Waals surface area contributed by atoms with Gasteiger partial charge >= 0.3 is 0 Å². The van der Waals surface area contributed by atoms with Gasteiger partial charge in [-0.2, -0.15) is 5.26 Å². The number of aliphatic imine (C=N–C) groups is 1. The number of aromatic nitrogens is 1. The summed E-state index contributed by atoms with van der Waals surface area (Å²) in [5.41, 5.74) is 2.80. The van der Waals surface area contributed by atoms with E-state index in [9.17, 15) is 0 Å². The lowest BCUT2D eigenvalue weighted by Crippen LogP contribution is -2.38. The summed E-state index contributed by atoms with van der Waals surface area (Å²) in [6.45, 7) is 6.18. The van der Waals surface area contributed by atoms with Crippen molar-refractivity contribution in [2.75, 3.05) is 13.6 Å². The van der Waals surface area contributed by atoms with Crippen molar-refractivity contribution in [1.29, 1.82) is 5.26 Å². The van der Waals surface area contributed by atoms with Gasteiger partial charge in [-0.25, -0.2) is 9.98 Å². The summed E-state index contributed by atoms with van der Waals surface area (Å²) in [7, 11) is 2.01. The Bertz CT molecular complexity index is 697. The van der Waals surface area contributed by atoms with E-state index in [0.29, 0.717) is 12.1 Å². The third-order valence-electron chi connectivity index (χ3n) is 3.26. The molecule has 1 aromatic heterocycles. The maximum absolute atomic E-state index is 8.83. The molecule has 5 nitrogen and oxygen atoms in total. The molecular formula is C17H21N5S. The number of guanidine groups is 1. The van der Waals surface area contributed by atoms with Crippen LogP contribution in [0, 0.1) is 18.3 Å². The van der Waals surface area contributed by atoms with E-state index in [-0.39, 0.29) is 0 Å². The van der Waals surface area contributed by atoms with Gasteiger partial charge in [0.15, 0.2) is 5.96 Å². The van der Waals surface area contributed by atoms with Crippen LogP contribution in [0.5, 0.6) is 0 Å². The fourth-order valence-electron chi connectivity index (χ4n) is 2.12. The lowest BCUT2D eigenvalue weighted by Gasteiger charge is -2.21. The Morgan fingerprint density at radius 1 is 1.39 bits per heavy atom. The minimum absolute atomic E-state index is 0.578. The molecule has 0 radical (unpaired) electrons. The average Bonchev–Trinajstić information content (AvgIpc) is 2.96. The second-order valence-corrected chi connectivity index (χ2v) is 6.26. The van der Waals surface area contributed by atoms with Gasteiger partial charge in [-0.3, -0.25) is 0 Å². The Hall–Kier alpha value is -2.39. The Labute approximate surface area is 141 Å². The Morgan fingerprint density at radius 3 is 2.70 bits per heavy atom. The molecule has 1 heterocycles. The second-order valence-electron chi connectivity index (χ2n) is 5.19. The molecule has 0 spiro atoms. The number of hydrogen-bond donors (Lipinski definition) is 1. The van der Waals surface area contributed by atoms with Crippen molar-refractivity contribution in [3.63, 3.8) is 0 Å². The van der Waals surface area contributed by atoms with Gasteiger partial charge < -0.3 is 10.2 Å². The van der Waals surface area contributed by atoms with Gasteiger partial charge in [-0.05, 0) is 31.5 Å². The summed E-state index contributed by atoms with van der Waals surface area (Å²) in [6.07, 6.45) is 0. The van der Waals surface area contributed by atoms with Crippen molar-refractivity contribution in [3.8, 4) is 6.07 Å². The van der Waals surface area contributed by atoms with Crippen LogP contribution in [0.4, 0.5) is 0 Å². The molecular weight excluding hydrogens is 306 g/mol. The van der Waals surface area contributed by atoms with Crippen molar-refractivity contribution < 1.29 is 0 Å². The first-order chi connectivity index (χ1) is 11.1. The van der Waals surface area contributed by atoms with Crippen LogP contribution in [0.25, 0.3) is 0 Å². The standard InChI is InChI=1S/C17H21N5S/c1-4-19-17(22(3)11-16-12-23-13(2)21-16)20-10-15-7-5-14(9-18)6-8-15/h5-8,12H,4,10-11H2,1-3H3,(H,19,20). The molecule has 1 aromatic carbocycles. The van der Waals surface area contributed by atoms with Crippen molar-refractivity contribution in [2.24, 2.45) is 4.99 Å². The number of nitrogens with one attached hydrogen (secondary N) is 1. The van der Waals surface area contributed by atoms with Gasteiger partial charge in [0.05, 0.1) is 35.4 Å². The summed E-state index contributed by atoms with van der Waals surface area (Å²) >= 11 is 1.66. The van der Waals surface area contributed by atoms with Crippen LogP contribution >= 0.6 is 11.3 Å². The molecule has 0 aliphatic carbocycles. The number of benzene rings is 1. The first-order valence-corrected chi connectivity index (χ1v) is 8.39. The zero-order valence-electron chi connectivity index (χ0n) is 13.7. The highest BCUT2D eigenvalue weighted by Crippen LogP contribution is 2.10. The minimum atomic E-state index is 0.578. The van der Waals surface area contributed by atoms with E-state index in [1.807, 2.05) is 38.2 Å². The van der Waals surface area contributed by atoms with E-state index in [4.69, 9.17) is 5.26 Å². The molecule has 6 heteroatoms. The third-order valence-corrected chi connectivity index (χ3v) is 4.08. The van der Waals surface area contributed by atoms with Crippen molar-refractivity contribution >= 4 is 17.3 Å². The zero-order chi connectivity index (χ0) is 16.7. The maximum atomic E-state index is 8.83. The van der Waals surface area contributed by atoms with Crippen LogP contribution in [0.3, 0.4) is 0 Å². The van der Waals surface area contributed by atoms with Gasteiger partial charge in [-0.1, -0.05) is 12.1 Å². The van der Waals surface area contributed by atoms with Crippen LogP contribution in [0.1, 0.15) is 28.8 Å². The molecule has 2 aromatic rings. The maximum Gasteiger partial charge on any atom is 0.194 e. The van der Waals surface area contributed by atoms with Gasteiger partial charge in [-0.15, -0.1) is 11.3 Å². The smallest absolute Gasteiger partial charge is 0.194 e. The topological polar surface area (TPSA) is 64.3 Å². The van der Waals surface area contributed by atoms with Crippen molar-refractivity contribution in [3.05, 3.63) is 51.5 Å². The number of thiazole rings is 1. The first kappa shape index (κ1) is 17.0. The van der Waals surface area contributed by atoms with E-state index in [2.05, 4.69) is 38.6 Å². The number of aryl methyl sites for hydroxylation is 1. The molecule has 0 aliphatic heterocycles. The van der Waals surface area contributed by atoms with Gasteiger partial charge in [0.1, 0.15) is 0 Å². The molecule has 120 valence electrons. The van der Waals surface area contributed by atoms with Crippen LogP contribution in [0.2, 0.25) is 0 Å². The molecule has 0 saturated carbocycles. The quantitative estimate of drug-likeness (QED) is 0.677. The van der Waals surface area contributed by atoms with E-state index in [0.717, 1.165) is 35.3 Å². The minimum Gasteiger partial charge on any atom is -0.357 e. The highest BCUT2D eigenvalue weighted by molar-refractivity contribution is 7.09. The third kappa shape index (κ3) is 5.08. The lowest BCUT2D eigenvalue weighted by atomic mass is 10.1. The zero-order valence-corrected chi connectivity index (χ0v) is 14.5. The molecule has 0 saturated heterocycles. The molecule has 0 aliphatic rings. The molecule has 0 fully saturated rings. The number of nitriles is 1. The van der Waals surface area contributed by atoms with Crippen LogP contribution in [-0.2, 0) is 13.1 Å². The highest BCUT2D eigenvalue weighted by Gasteiger charge is 2.08. The predicted molar refractivity (Wildman–Crippen MR) is 94.3 cm³/mol. The summed E-state index contributed by atoms with van der Waals surface area (Å²) in [5, 5.41) is 15.3. The number of hydrogen-bond acceptors (Lipinski definition) is 4. The monoisotopic (exact) mass is 327 g/mol. The Kier molecular flexibility index (Phi) is 6.12. The fourth-order valence-corrected chi connectivity index (χ4v) is 2.72. The van der Waals surface area contributed by atoms with Gasteiger partial charge in [0.2, 0.25) is 0 Å². The summed E-state index contributed by atoms with van der Waals surface area (Å²) < 4.78 is 0. The fraction of sp³-hybridized carbons (Fsp3) is 0.353. The number of rotatable bonds is 5. The van der Waals surface area contributed by atoms with Crippen molar-refractivity contribution in [2.45, 2.75) is 26.9 Å². The van der Waals surface area contributed by atoms with E-state index < -0.39 is 0 Å². The largest absolute Gasteiger partial charge is 0.357 e. The van der Waals surface area contributed by atoms with Crippen molar-refractivity contribution in [1.82, 2.24) is 15.2 Å². The van der Waals surface area contributed by atoms with E-state index >= 15 is 0 Å². The average molecular weight is 327 g/mol. The lowest BCUT2D eigenvalue weighted by molar-refractivity contribution is 0.471. The highest BCUT2D eigenvalue weighted by atomic mass is 32.1. The van der Waals surface area contributed by atoms with Crippen LogP contribution < -0.4 is 5.32 Å². The summed E-state index contributed by atoms with van der Waals surface area (Å²) in [4.78, 5) is 11.2. The first-order valence-electron chi connectivity index (χ1n) is 7.52. The molecule has 0 bridgehead atoms. The Balaban J connectivity index is 2.04. The normalized spacial score (nSPS) is 11.1. The molecule has 23 heavy (non-hydrogen) atoms. The van der Waals surface area contributed by atoms with Gasteiger partial charge in [0.25, 0.3) is 0 Å². The van der Waals surface area contributed by atoms with Crippen LogP contribution in [0.15, 0.2) is 34.6 Å². The summed E-state index contributed by atoms with van der Waals surface area (Å²) in [6, 6.07) is 9.64. The Morgan fingerprint density at radius 2 is 2.13 bits per heavy atom. The number of nitrogens with zero attached hydrogens (tertiary/aromatic N) is 4. The van der Waals surface area contributed by atoms with E-state index in [1.165, 1.54) is 0 Å².